The number of nitrogen functional groups attached to an aromatic ring is 1. The second-order valence-corrected chi connectivity index (χ2v) is 19.3. The van der Waals surface area contributed by atoms with Crippen molar-refractivity contribution in [1.29, 1.82) is 0 Å². The summed E-state index contributed by atoms with van der Waals surface area (Å²) in [6, 6.07) is 24.2. The number of nitrogens with two attached hydrogens (primary N) is 1. The summed E-state index contributed by atoms with van der Waals surface area (Å²) in [5.74, 6) is -0.839. The summed E-state index contributed by atoms with van der Waals surface area (Å²) >= 11 is 1.70. The van der Waals surface area contributed by atoms with Crippen LogP contribution in [0.1, 0.15) is 70.9 Å². The summed E-state index contributed by atoms with van der Waals surface area (Å²) in [5.41, 5.74) is 14.8. The number of hydrogen-bond donors (Lipinski definition) is 1. The van der Waals surface area contributed by atoms with Crippen molar-refractivity contribution in [3.63, 3.8) is 0 Å². The number of allylic oxidation sites excluding steroid dienone is 7. The van der Waals surface area contributed by atoms with Crippen LogP contribution in [0.3, 0.4) is 0 Å². The van der Waals surface area contributed by atoms with E-state index in [0.29, 0.717) is 18.8 Å². The maximum Gasteiger partial charge on any atom is 0.209 e. The summed E-state index contributed by atoms with van der Waals surface area (Å²) in [5, 5.41) is 0. The van der Waals surface area contributed by atoms with Gasteiger partial charge in [-0.1, -0.05) is 74.2 Å². The van der Waals surface area contributed by atoms with Gasteiger partial charge in [0.2, 0.25) is 5.69 Å². The minimum Gasteiger partial charge on any atom is -0.748 e. The standard InChI is InChI=1S/C42H49N3O6S3/c1-41(2)34-14-5-7-16-36(34)44(26-10-28-53(46,47)48)38(41)24-18-30-12-9-13-31(40(30)52-33-22-20-32(43)21-23-33)19-25-39-42(3,4)35-15-6-8-17-37(35)45(39)27-11-29-54(49,50)51/h5-8,14-25H,9-13,26-29,43H2,1-4H3,(H-,46,47,48,49,50,51)/p-1. The largest absolute Gasteiger partial charge is 0.748 e. The van der Waals surface area contributed by atoms with Crippen molar-refractivity contribution in [1.82, 2.24) is 0 Å². The Hall–Kier alpha value is -3.94. The highest BCUT2D eigenvalue weighted by Gasteiger charge is 2.44. The molecule has 0 unspecified atom stereocenters. The van der Waals surface area contributed by atoms with Crippen LogP contribution in [-0.4, -0.2) is 60.8 Å². The minimum atomic E-state index is -4.34. The lowest BCUT2D eigenvalue weighted by molar-refractivity contribution is -0.437. The molecule has 286 valence electrons. The van der Waals surface area contributed by atoms with Crippen molar-refractivity contribution in [2.24, 2.45) is 0 Å². The van der Waals surface area contributed by atoms with Gasteiger partial charge in [-0.3, -0.25) is 0 Å². The lowest BCUT2D eigenvalue weighted by Gasteiger charge is -2.28. The predicted molar refractivity (Wildman–Crippen MR) is 217 cm³/mol. The molecule has 2 heterocycles. The van der Waals surface area contributed by atoms with Crippen molar-refractivity contribution in [2.75, 3.05) is 35.2 Å². The van der Waals surface area contributed by atoms with E-state index in [1.807, 2.05) is 60.7 Å². The zero-order valence-electron chi connectivity index (χ0n) is 31.2. The van der Waals surface area contributed by atoms with Crippen LogP contribution in [0.25, 0.3) is 0 Å². The Bertz CT molecular complexity index is 2300. The van der Waals surface area contributed by atoms with Crippen molar-refractivity contribution >= 4 is 54.8 Å². The average Bonchev–Trinajstić information content (AvgIpc) is 3.45. The third-order valence-corrected chi connectivity index (χ3v) is 13.4. The van der Waals surface area contributed by atoms with Gasteiger partial charge in [-0.15, -0.1) is 0 Å². The first kappa shape index (κ1) is 39.7. The zero-order valence-corrected chi connectivity index (χ0v) is 33.7. The van der Waals surface area contributed by atoms with Crippen LogP contribution in [0.4, 0.5) is 17.1 Å². The fourth-order valence-corrected chi connectivity index (χ4v) is 10.0. The Kier molecular flexibility index (Phi) is 11.5. The van der Waals surface area contributed by atoms with Crippen LogP contribution >= 0.6 is 11.8 Å². The molecule has 0 bridgehead atoms. The van der Waals surface area contributed by atoms with Gasteiger partial charge in [0.05, 0.1) is 25.7 Å². The first-order valence-corrected chi connectivity index (χ1v) is 22.3. The molecule has 1 aliphatic carbocycles. The molecule has 6 rings (SSSR count). The van der Waals surface area contributed by atoms with Crippen LogP contribution in [-0.2, 0) is 31.1 Å². The minimum absolute atomic E-state index is 0.222. The molecule has 3 aromatic carbocycles. The molecule has 12 heteroatoms. The Labute approximate surface area is 324 Å². The summed E-state index contributed by atoms with van der Waals surface area (Å²) in [6.45, 7) is 9.50. The normalized spacial score (nSPS) is 19.7. The summed E-state index contributed by atoms with van der Waals surface area (Å²) in [6.07, 6.45) is 11.8. The number of rotatable bonds is 13. The quantitative estimate of drug-likeness (QED) is 0.104. The lowest BCUT2D eigenvalue weighted by atomic mass is 9.81. The zero-order chi connectivity index (χ0) is 38.9. The highest BCUT2D eigenvalue weighted by atomic mass is 32.2. The highest BCUT2D eigenvalue weighted by molar-refractivity contribution is 8.03. The Morgan fingerprint density at radius 3 is 2.15 bits per heavy atom. The van der Waals surface area contributed by atoms with Crippen LogP contribution in [0.15, 0.2) is 124 Å². The molecule has 3 aliphatic rings. The fourth-order valence-electron chi connectivity index (χ4n) is 7.93. The topological polar surface area (TPSA) is 147 Å². The molecule has 9 nitrogen and oxygen atoms in total. The molecular formula is C42H48N3O6S3-. The molecule has 0 fully saturated rings. The molecule has 3 aromatic rings. The van der Waals surface area contributed by atoms with Crippen molar-refractivity contribution in [3.8, 4) is 0 Å². The van der Waals surface area contributed by atoms with Gasteiger partial charge in [-0.2, -0.15) is 4.58 Å². The van der Waals surface area contributed by atoms with Gasteiger partial charge in [0, 0.05) is 74.5 Å². The van der Waals surface area contributed by atoms with Gasteiger partial charge in [0.15, 0.2) is 5.71 Å². The Balaban J connectivity index is 1.43. The second-order valence-electron chi connectivity index (χ2n) is 15.2. The monoisotopic (exact) mass is 786 g/mol. The molecule has 0 saturated heterocycles. The smallest absolute Gasteiger partial charge is 0.209 e. The van der Waals surface area contributed by atoms with E-state index in [1.165, 1.54) is 11.1 Å². The molecule has 0 spiro atoms. The number of fused-ring (bicyclic) bond motifs is 2. The Morgan fingerprint density at radius 2 is 1.44 bits per heavy atom. The van der Waals surface area contributed by atoms with Crippen LogP contribution < -0.4 is 10.6 Å². The molecule has 54 heavy (non-hydrogen) atoms. The van der Waals surface area contributed by atoms with E-state index in [2.05, 4.69) is 73.6 Å². The summed E-state index contributed by atoms with van der Waals surface area (Å²) < 4.78 is 71.2. The molecule has 0 saturated carbocycles. The molecule has 0 amide bonds. The molecular weight excluding hydrogens is 739 g/mol. The summed E-state index contributed by atoms with van der Waals surface area (Å²) in [7, 11) is -8.67. The van der Waals surface area contributed by atoms with E-state index in [4.69, 9.17) is 5.73 Å². The number of anilines is 2. The maximum atomic E-state index is 11.5. The number of thioether (sulfide) groups is 1. The van der Waals surface area contributed by atoms with E-state index in [9.17, 15) is 25.9 Å². The van der Waals surface area contributed by atoms with Crippen LogP contribution in [0, 0.1) is 0 Å². The van der Waals surface area contributed by atoms with Gasteiger partial charge in [-0.25, -0.2) is 16.8 Å². The number of hydrogen-bond acceptors (Lipinski definition) is 9. The second kappa shape index (κ2) is 15.7. The fraction of sp³-hybridized carbons (Fsp3) is 0.357. The first-order chi connectivity index (χ1) is 25.5. The van der Waals surface area contributed by atoms with E-state index in [1.54, 1.807) is 11.8 Å². The number of benzene rings is 3. The molecule has 2 aliphatic heterocycles. The van der Waals surface area contributed by atoms with Crippen LogP contribution in [0.2, 0.25) is 0 Å². The molecule has 0 aromatic heterocycles. The van der Waals surface area contributed by atoms with Crippen LogP contribution in [0.5, 0.6) is 0 Å². The molecule has 0 atom stereocenters. The first-order valence-electron chi connectivity index (χ1n) is 18.3. The SMILES string of the molecule is CC1(C)C(/C=C/C2=C(Sc3ccc(N)cc3)C(=C/C=C3\N(CCCS(=O)(=O)[O-])c4ccccc4C3(C)C)/CCC2)=[N+](CCCS(=O)(=O)[O-])c2ccccc21. The van der Waals surface area contributed by atoms with Crippen molar-refractivity contribution in [3.05, 3.63) is 130 Å². The summed E-state index contributed by atoms with van der Waals surface area (Å²) in [4.78, 5) is 4.36. The van der Waals surface area contributed by atoms with E-state index < -0.39 is 31.7 Å². The van der Waals surface area contributed by atoms with E-state index in [0.717, 1.165) is 63.0 Å². The van der Waals surface area contributed by atoms with Crippen molar-refractivity contribution < 1.29 is 30.5 Å². The third-order valence-electron chi connectivity index (χ3n) is 10.6. The Morgan fingerprint density at radius 1 is 0.796 bits per heavy atom. The van der Waals surface area contributed by atoms with Gasteiger partial charge < -0.3 is 19.7 Å². The van der Waals surface area contributed by atoms with E-state index in [-0.39, 0.29) is 23.7 Å². The van der Waals surface area contributed by atoms with Gasteiger partial charge in [0.1, 0.15) is 6.54 Å². The van der Waals surface area contributed by atoms with Gasteiger partial charge in [-0.05, 0) is 92.6 Å². The highest BCUT2D eigenvalue weighted by Crippen LogP contribution is 2.49. The third kappa shape index (κ3) is 8.79. The number of para-hydroxylation sites is 2. The maximum absolute atomic E-state index is 11.5. The van der Waals surface area contributed by atoms with Gasteiger partial charge in [0.25, 0.3) is 0 Å². The number of nitrogens with zero attached hydrogens (tertiary/aromatic N) is 2. The van der Waals surface area contributed by atoms with Crippen molar-refractivity contribution in [2.45, 2.75) is 75.5 Å². The lowest BCUT2D eigenvalue weighted by Crippen LogP contribution is -2.28. The molecule has 0 radical (unpaired) electrons. The average molecular weight is 787 g/mol. The molecule has 2 N–H and O–H groups in total. The van der Waals surface area contributed by atoms with Gasteiger partial charge >= 0.3 is 0 Å². The van der Waals surface area contributed by atoms with E-state index >= 15 is 0 Å². The predicted octanol–water partition coefficient (Wildman–Crippen LogP) is 7.91.